The SMILES string of the molecule is O=C(NC1CCC2NNCC2C1)C1Cc2ccccc2S1. The van der Waals surface area contributed by atoms with Gasteiger partial charge in [0.05, 0.1) is 5.25 Å². The summed E-state index contributed by atoms with van der Waals surface area (Å²) in [7, 11) is 0. The van der Waals surface area contributed by atoms with Crippen LogP contribution < -0.4 is 16.2 Å². The van der Waals surface area contributed by atoms with Crippen LogP contribution in [0, 0.1) is 5.92 Å². The van der Waals surface area contributed by atoms with E-state index in [1.807, 2.05) is 6.07 Å². The molecule has 1 aliphatic carbocycles. The maximum atomic E-state index is 12.5. The molecule has 21 heavy (non-hydrogen) atoms. The lowest BCUT2D eigenvalue weighted by Crippen LogP contribution is -2.46. The third kappa shape index (κ3) is 2.70. The molecule has 0 bridgehead atoms. The molecule has 112 valence electrons. The summed E-state index contributed by atoms with van der Waals surface area (Å²) in [5.41, 5.74) is 7.89. The van der Waals surface area contributed by atoms with Crippen molar-refractivity contribution in [3.63, 3.8) is 0 Å². The van der Waals surface area contributed by atoms with Crippen molar-refractivity contribution in [2.24, 2.45) is 5.92 Å². The van der Waals surface area contributed by atoms with Gasteiger partial charge < -0.3 is 5.32 Å². The summed E-state index contributed by atoms with van der Waals surface area (Å²) in [6.07, 6.45) is 4.21. The molecule has 4 unspecified atom stereocenters. The van der Waals surface area contributed by atoms with Crippen LogP contribution in [-0.2, 0) is 11.2 Å². The van der Waals surface area contributed by atoms with Crippen molar-refractivity contribution in [1.82, 2.24) is 16.2 Å². The molecule has 1 amide bonds. The Kier molecular flexibility index (Phi) is 3.65. The topological polar surface area (TPSA) is 53.2 Å². The highest BCUT2D eigenvalue weighted by Gasteiger charge is 2.36. The van der Waals surface area contributed by atoms with E-state index in [0.717, 1.165) is 32.2 Å². The van der Waals surface area contributed by atoms with Gasteiger partial charge in [-0.05, 0) is 43.2 Å². The molecule has 4 nitrogen and oxygen atoms in total. The van der Waals surface area contributed by atoms with Gasteiger partial charge in [0.15, 0.2) is 0 Å². The van der Waals surface area contributed by atoms with E-state index in [1.54, 1.807) is 11.8 Å². The van der Waals surface area contributed by atoms with E-state index < -0.39 is 0 Å². The number of carbonyl (C=O) groups excluding carboxylic acids is 1. The maximum absolute atomic E-state index is 12.5. The number of rotatable bonds is 2. The van der Waals surface area contributed by atoms with Gasteiger partial charge in [-0.15, -0.1) is 11.8 Å². The number of carbonyl (C=O) groups is 1. The maximum Gasteiger partial charge on any atom is 0.234 e. The molecule has 2 fully saturated rings. The van der Waals surface area contributed by atoms with Crippen LogP contribution >= 0.6 is 11.8 Å². The van der Waals surface area contributed by atoms with Gasteiger partial charge in [-0.25, -0.2) is 0 Å². The average molecular weight is 303 g/mol. The summed E-state index contributed by atoms with van der Waals surface area (Å²) < 4.78 is 0. The van der Waals surface area contributed by atoms with E-state index >= 15 is 0 Å². The number of amides is 1. The van der Waals surface area contributed by atoms with E-state index in [4.69, 9.17) is 0 Å². The molecule has 3 aliphatic rings. The number of hydrazine groups is 1. The van der Waals surface area contributed by atoms with Crippen LogP contribution in [0.25, 0.3) is 0 Å². The number of fused-ring (bicyclic) bond motifs is 2. The summed E-state index contributed by atoms with van der Waals surface area (Å²) in [5.74, 6) is 0.885. The largest absolute Gasteiger partial charge is 0.352 e. The van der Waals surface area contributed by atoms with Crippen LogP contribution in [0.4, 0.5) is 0 Å². The lowest BCUT2D eigenvalue weighted by Gasteiger charge is -2.31. The van der Waals surface area contributed by atoms with E-state index in [9.17, 15) is 4.79 Å². The van der Waals surface area contributed by atoms with E-state index in [2.05, 4.69) is 34.4 Å². The van der Waals surface area contributed by atoms with Gasteiger partial charge in [-0.3, -0.25) is 15.6 Å². The zero-order valence-electron chi connectivity index (χ0n) is 12.0. The Labute approximate surface area is 129 Å². The van der Waals surface area contributed by atoms with Crippen LogP contribution in [0.1, 0.15) is 24.8 Å². The minimum absolute atomic E-state index is 0.0555. The number of thioether (sulfide) groups is 1. The predicted octanol–water partition coefficient (Wildman–Crippen LogP) is 1.46. The van der Waals surface area contributed by atoms with Gasteiger partial charge in [-0.1, -0.05) is 18.2 Å². The minimum Gasteiger partial charge on any atom is -0.352 e. The molecule has 1 saturated heterocycles. The molecule has 1 aromatic carbocycles. The second kappa shape index (κ2) is 5.63. The summed E-state index contributed by atoms with van der Waals surface area (Å²) in [4.78, 5) is 13.8. The molecule has 0 aromatic heterocycles. The quantitative estimate of drug-likeness (QED) is 0.774. The van der Waals surface area contributed by atoms with E-state index in [1.165, 1.54) is 10.5 Å². The Morgan fingerprint density at radius 1 is 1.29 bits per heavy atom. The molecule has 0 spiro atoms. The minimum atomic E-state index is 0.0555. The fraction of sp³-hybridized carbons (Fsp3) is 0.562. The van der Waals surface area contributed by atoms with Crippen LogP contribution in [-0.4, -0.2) is 29.8 Å². The molecule has 5 heteroatoms. The third-order valence-corrected chi connectivity index (χ3v) is 6.24. The highest BCUT2D eigenvalue weighted by atomic mass is 32.2. The van der Waals surface area contributed by atoms with Crippen molar-refractivity contribution in [3.05, 3.63) is 29.8 Å². The highest BCUT2D eigenvalue weighted by molar-refractivity contribution is 8.01. The van der Waals surface area contributed by atoms with Crippen molar-refractivity contribution in [1.29, 1.82) is 0 Å². The molecule has 2 heterocycles. The van der Waals surface area contributed by atoms with Gasteiger partial charge >= 0.3 is 0 Å². The first-order chi connectivity index (χ1) is 10.3. The van der Waals surface area contributed by atoms with Gasteiger partial charge in [0.1, 0.15) is 0 Å². The van der Waals surface area contributed by atoms with Crippen molar-refractivity contribution >= 4 is 17.7 Å². The molecular weight excluding hydrogens is 282 g/mol. The summed E-state index contributed by atoms with van der Waals surface area (Å²) in [5, 5.41) is 3.35. The van der Waals surface area contributed by atoms with Crippen LogP contribution in [0.2, 0.25) is 0 Å². The van der Waals surface area contributed by atoms with Gasteiger partial charge in [0.25, 0.3) is 0 Å². The number of hydrogen-bond donors (Lipinski definition) is 3. The van der Waals surface area contributed by atoms with E-state index in [-0.39, 0.29) is 11.2 Å². The van der Waals surface area contributed by atoms with Crippen molar-refractivity contribution in [2.75, 3.05) is 6.54 Å². The molecular formula is C16H21N3OS. The zero-order valence-corrected chi connectivity index (χ0v) is 12.8. The van der Waals surface area contributed by atoms with Crippen LogP contribution in [0.15, 0.2) is 29.2 Å². The monoisotopic (exact) mass is 303 g/mol. The normalized spacial score (nSPS) is 34.3. The number of benzene rings is 1. The van der Waals surface area contributed by atoms with Gasteiger partial charge in [-0.2, -0.15) is 0 Å². The predicted molar refractivity (Wildman–Crippen MR) is 84.0 cm³/mol. The second-order valence-corrected chi connectivity index (χ2v) is 7.57. The molecule has 0 radical (unpaired) electrons. The lowest BCUT2D eigenvalue weighted by molar-refractivity contribution is -0.121. The molecule has 1 aromatic rings. The fourth-order valence-corrected chi connectivity index (χ4v) is 4.96. The first-order valence-electron chi connectivity index (χ1n) is 7.83. The lowest BCUT2D eigenvalue weighted by atomic mass is 9.83. The van der Waals surface area contributed by atoms with Crippen LogP contribution in [0.5, 0.6) is 0 Å². The average Bonchev–Trinajstić information content (AvgIpc) is 3.13. The second-order valence-electron chi connectivity index (χ2n) is 6.33. The van der Waals surface area contributed by atoms with E-state index in [0.29, 0.717) is 18.0 Å². The zero-order chi connectivity index (χ0) is 14.2. The van der Waals surface area contributed by atoms with Crippen LogP contribution in [0.3, 0.4) is 0 Å². The summed E-state index contributed by atoms with van der Waals surface area (Å²) in [6, 6.07) is 9.31. The molecule has 4 atom stereocenters. The Bertz CT molecular complexity index is 525. The Balaban J connectivity index is 1.35. The third-order valence-electron chi connectivity index (χ3n) is 4.92. The first kappa shape index (κ1) is 13.6. The summed E-state index contributed by atoms with van der Waals surface area (Å²) in [6.45, 7) is 1.03. The summed E-state index contributed by atoms with van der Waals surface area (Å²) >= 11 is 1.72. The van der Waals surface area contributed by atoms with Gasteiger partial charge in [0, 0.05) is 23.5 Å². The highest BCUT2D eigenvalue weighted by Crippen LogP contribution is 2.37. The Hall–Kier alpha value is -1.04. The molecule has 2 aliphatic heterocycles. The smallest absolute Gasteiger partial charge is 0.234 e. The Morgan fingerprint density at radius 3 is 3.10 bits per heavy atom. The fourth-order valence-electron chi connectivity index (χ4n) is 3.75. The van der Waals surface area contributed by atoms with Crippen molar-refractivity contribution < 1.29 is 4.79 Å². The van der Waals surface area contributed by atoms with Crippen molar-refractivity contribution in [2.45, 2.75) is 47.9 Å². The van der Waals surface area contributed by atoms with Gasteiger partial charge in [0.2, 0.25) is 5.91 Å². The number of hydrogen-bond acceptors (Lipinski definition) is 4. The molecule has 1 saturated carbocycles. The molecule has 4 rings (SSSR count). The number of nitrogens with one attached hydrogen (secondary N) is 3. The Morgan fingerprint density at radius 2 is 2.19 bits per heavy atom. The first-order valence-corrected chi connectivity index (χ1v) is 8.71. The molecule has 3 N–H and O–H groups in total. The standard InChI is InChI=1S/C16H21N3OS/c20-16(15-8-10-3-1-2-4-14(10)21-15)18-12-5-6-13-11(7-12)9-17-19-13/h1-4,11-13,15,17,19H,5-9H2,(H,18,20). The van der Waals surface area contributed by atoms with Crippen molar-refractivity contribution in [3.8, 4) is 0 Å².